The highest BCUT2D eigenvalue weighted by molar-refractivity contribution is 5.76. The highest BCUT2D eigenvalue weighted by Gasteiger charge is 2.20. The molecule has 0 saturated heterocycles. The van der Waals surface area contributed by atoms with E-state index in [0.29, 0.717) is 25.9 Å². The number of carbonyl (C=O) groups is 2. The normalized spacial score (nSPS) is 12.6. The number of hydrogen-bond donors (Lipinski definition) is 3. The first-order valence-corrected chi connectivity index (χ1v) is 28.4. The first-order chi connectivity index (χ1) is 31.0. The molecule has 0 aromatic rings. The predicted octanol–water partition coefficient (Wildman–Crippen LogP) is 17.3. The van der Waals surface area contributed by atoms with Crippen molar-refractivity contribution in [3.63, 3.8) is 0 Å². The van der Waals surface area contributed by atoms with Crippen molar-refractivity contribution < 1.29 is 24.5 Å². The van der Waals surface area contributed by atoms with Crippen LogP contribution < -0.4 is 5.32 Å². The minimum Gasteiger partial charge on any atom is -0.466 e. The number of allylic oxidation sites excluding steroid dienone is 2. The van der Waals surface area contributed by atoms with Crippen LogP contribution in [0, 0.1) is 0 Å². The van der Waals surface area contributed by atoms with Crippen LogP contribution in [0.3, 0.4) is 0 Å². The molecule has 0 rings (SSSR count). The van der Waals surface area contributed by atoms with E-state index in [1.807, 2.05) is 0 Å². The van der Waals surface area contributed by atoms with E-state index in [-0.39, 0.29) is 18.5 Å². The molecule has 0 fully saturated rings. The van der Waals surface area contributed by atoms with E-state index in [2.05, 4.69) is 31.3 Å². The van der Waals surface area contributed by atoms with E-state index in [1.165, 1.54) is 218 Å². The zero-order valence-corrected chi connectivity index (χ0v) is 42.6. The number of nitrogens with one attached hydrogen (secondary N) is 1. The van der Waals surface area contributed by atoms with Gasteiger partial charge in [-0.3, -0.25) is 9.59 Å². The lowest BCUT2D eigenvalue weighted by Crippen LogP contribution is -2.45. The van der Waals surface area contributed by atoms with Crippen LogP contribution >= 0.6 is 0 Å². The van der Waals surface area contributed by atoms with Gasteiger partial charge in [-0.1, -0.05) is 264 Å². The zero-order valence-electron chi connectivity index (χ0n) is 42.6. The maximum Gasteiger partial charge on any atom is 0.305 e. The summed E-state index contributed by atoms with van der Waals surface area (Å²) in [5, 5.41) is 23.3. The number of esters is 1. The van der Waals surface area contributed by atoms with Crippen LogP contribution in [-0.2, 0) is 14.3 Å². The van der Waals surface area contributed by atoms with Gasteiger partial charge in [0.05, 0.1) is 25.4 Å². The summed E-state index contributed by atoms with van der Waals surface area (Å²) in [5.41, 5.74) is 0. The lowest BCUT2D eigenvalue weighted by molar-refractivity contribution is -0.143. The predicted molar refractivity (Wildman–Crippen MR) is 273 cm³/mol. The molecule has 0 heterocycles. The number of unbranched alkanes of at least 4 members (excludes halogenated alkanes) is 40. The zero-order chi connectivity index (χ0) is 45.8. The van der Waals surface area contributed by atoms with Crippen molar-refractivity contribution in [2.45, 2.75) is 328 Å². The number of aliphatic hydroxyl groups is 2. The van der Waals surface area contributed by atoms with Crippen molar-refractivity contribution in [2.24, 2.45) is 0 Å². The van der Waals surface area contributed by atoms with Crippen molar-refractivity contribution in [3.8, 4) is 0 Å². The summed E-state index contributed by atoms with van der Waals surface area (Å²) in [6, 6.07) is -0.552. The lowest BCUT2D eigenvalue weighted by atomic mass is 10.0. The van der Waals surface area contributed by atoms with Gasteiger partial charge in [0.15, 0.2) is 0 Å². The fourth-order valence-corrected chi connectivity index (χ4v) is 8.93. The Balaban J connectivity index is 3.45. The molecule has 2 atom stereocenters. The molecule has 0 saturated carbocycles. The van der Waals surface area contributed by atoms with Gasteiger partial charge in [-0.15, -0.1) is 0 Å². The molecular formula is C57H111NO5. The van der Waals surface area contributed by atoms with Crippen molar-refractivity contribution in [1.82, 2.24) is 5.32 Å². The molecule has 0 radical (unpaired) electrons. The molecule has 374 valence electrons. The first kappa shape index (κ1) is 61.6. The van der Waals surface area contributed by atoms with Crippen molar-refractivity contribution in [3.05, 3.63) is 12.2 Å². The van der Waals surface area contributed by atoms with Gasteiger partial charge >= 0.3 is 5.97 Å². The minimum atomic E-state index is -0.674. The summed E-state index contributed by atoms with van der Waals surface area (Å²) in [4.78, 5) is 24.5. The molecular weight excluding hydrogens is 779 g/mol. The highest BCUT2D eigenvalue weighted by Crippen LogP contribution is 2.17. The van der Waals surface area contributed by atoms with Crippen molar-refractivity contribution in [2.75, 3.05) is 13.2 Å². The molecule has 6 nitrogen and oxygen atoms in total. The van der Waals surface area contributed by atoms with Crippen LogP contribution in [-0.4, -0.2) is 47.4 Å². The molecule has 0 aliphatic heterocycles. The Labute approximate surface area is 393 Å². The molecule has 0 aliphatic carbocycles. The van der Waals surface area contributed by atoms with E-state index >= 15 is 0 Å². The first-order valence-electron chi connectivity index (χ1n) is 28.4. The van der Waals surface area contributed by atoms with E-state index in [1.54, 1.807) is 0 Å². The molecule has 6 heteroatoms. The third-order valence-electron chi connectivity index (χ3n) is 13.3. The van der Waals surface area contributed by atoms with Gasteiger partial charge in [-0.05, 0) is 51.4 Å². The van der Waals surface area contributed by atoms with Gasteiger partial charge in [0.2, 0.25) is 5.91 Å². The molecule has 1 amide bonds. The molecule has 0 aromatic carbocycles. The average molecular weight is 891 g/mol. The Kier molecular flexibility index (Phi) is 52.0. The van der Waals surface area contributed by atoms with Crippen molar-refractivity contribution in [1.29, 1.82) is 0 Å². The summed E-state index contributed by atoms with van der Waals surface area (Å²) in [6.07, 6.45) is 61.9. The number of hydrogen-bond acceptors (Lipinski definition) is 5. The van der Waals surface area contributed by atoms with Gasteiger partial charge in [0.1, 0.15) is 0 Å². The fraction of sp³-hybridized carbons (Fsp3) is 0.930. The summed E-state index contributed by atoms with van der Waals surface area (Å²) in [7, 11) is 0. The molecule has 63 heavy (non-hydrogen) atoms. The van der Waals surface area contributed by atoms with Crippen LogP contribution in [0.1, 0.15) is 316 Å². The Morgan fingerprint density at radius 2 is 0.746 bits per heavy atom. The summed E-state index contributed by atoms with van der Waals surface area (Å²) in [5.74, 6) is -0.0498. The monoisotopic (exact) mass is 890 g/mol. The molecule has 3 N–H and O–H groups in total. The van der Waals surface area contributed by atoms with Crippen LogP contribution in [0.15, 0.2) is 12.2 Å². The largest absolute Gasteiger partial charge is 0.466 e. The van der Waals surface area contributed by atoms with E-state index in [4.69, 9.17) is 4.74 Å². The Morgan fingerprint density at radius 1 is 0.429 bits per heavy atom. The SMILES string of the molecule is CCCCCCCCCCCCCCCCCCC(O)C(CO)NC(=O)CCCCCCC/C=C\CCCCCCCCCOC(=O)CCCCCCCCCCCCCCCC. The summed E-state index contributed by atoms with van der Waals surface area (Å²) < 4.78 is 5.47. The van der Waals surface area contributed by atoms with Crippen LogP contribution in [0.25, 0.3) is 0 Å². The fourth-order valence-electron chi connectivity index (χ4n) is 8.93. The van der Waals surface area contributed by atoms with Crippen LogP contribution in [0.5, 0.6) is 0 Å². The summed E-state index contributed by atoms with van der Waals surface area (Å²) in [6.45, 7) is 4.95. The maximum atomic E-state index is 12.5. The van der Waals surface area contributed by atoms with Gasteiger partial charge in [0.25, 0.3) is 0 Å². The standard InChI is InChI=1S/C57H111NO5/c1-3-5-7-9-11-13-15-17-19-22-25-29-33-37-41-45-49-55(60)54(53-59)58-56(61)50-46-42-38-34-30-26-23-20-21-24-28-32-36-40-44-48-52-63-57(62)51-47-43-39-35-31-27-18-16-14-12-10-8-6-4-2/h20,23,54-55,59-60H,3-19,21-22,24-53H2,1-2H3,(H,58,61)/b23-20-. The number of rotatable bonds is 53. The van der Waals surface area contributed by atoms with Gasteiger partial charge < -0.3 is 20.3 Å². The summed E-state index contributed by atoms with van der Waals surface area (Å²) >= 11 is 0. The number of aliphatic hydroxyl groups excluding tert-OH is 2. The maximum absolute atomic E-state index is 12.5. The topological polar surface area (TPSA) is 95.9 Å². The number of carbonyl (C=O) groups excluding carboxylic acids is 2. The molecule has 2 unspecified atom stereocenters. The van der Waals surface area contributed by atoms with Gasteiger partial charge in [-0.2, -0.15) is 0 Å². The third-order valence-corrected chi connectivity index (χ3v) is 13.3. The van der Waals surface area contributed by atoms with Gasteiger partial charge in [0, 0.05) is 12.8 Å². The second-order valence-electron chi connectivity index (χ2n) is 19.6. The third kappa shape index (κ3) is 49.9. The number of amides is 1. The molecule has 0 spiro atoms. The highest BCUT2D eigenvalue weighted by atomic mass is 16.5. The van der Waals surface area contributed by atoms with Crippen molar-refractivity contribution >= 4 is 11.9 Å². The minimum absolute atomic E-state index is 0.0000118. The lowest BCUT2D eigenvalue weighted by Gasteiger charge is -2.22. The Bertz CT molecular complexity index is 939. The number of ether oxygens (including phenoxy) is 1. The Morgan fingerprint density at radius 3 is 1.13 bits per heavy atom. The molecule has 0 aromatic heterocycles. The van der Waals surface area contributed by atoms with E-state index < -0.39 is 12.1 Å². The Hall–Kier alpha value is -1.40. The molecule has 0 aliphatic rings. The molecule has 0 bridgehead atoms. The van der Waals surface area contributed by atoms with E-state index in [9.17, 15) is 19.8 Å². The second-order valence-corrected chi connectivity index (χ2v) is 19.6. The smallest absolute Gasteiger partial charge is 0.305 e. The second kappa shape index (κ2) is 53.2. The van der Waals surface area contributed by atoms with Crippen LogP contribution in [0.4, 0.5) is 0 Å². The van der Waals surface area contributed by atoms with E-state index in [0.717, 1.165) is 64.2 Å². The average Bonchev–Trinajstić information content (AvgIpc) is 3.28. The van der Waals surface area contributed by atoms with Crippen LogP contribution in [0.2, 0.25) is 0 Å². The quantitative estimate of drug-likeness (QED) is 0.0321. The van der Waals surface area contributed by atoms with Gasteiger partial charge in [-0.25, -0.2) is 0 Å².